The van der Waals surface area contributed by atoms with E-state index in [4.69, 9.17) is 5.11 Å². The van der Waals surface area contributed by atoms with Crippen LogP contribution in [-0.4, -0.2) is 26.2 Å². The lowest BCUT2D eigenvalue weighted by atomic mass is 10.4. The van der Waals surface area contributed by atoms with Crippen LogP contribution in [0.15, 0.2) is 35.2 Å². The average molecular weight is 215 g/mol. The van der Waals surface area contributed by atoms with Crippen molar-refractivity contribution >= 4 is 10.0 Å². The number of benzene rings is 1. The van der Waals surface area contributed by atoms with Crippen LogP contribution in [0.25, 0.3) is 0 Å². The van der Waals surface area contributed by atoms with Gasteiger partial charge in [0.25, 0.3) is 0 Å². The summed E-state index contributed by atoms with van der Waals surface area (Å²) >= 11 is 0. The maximum atomic E-state index is 11.6. The van der Waals surface area contributed by atoms with Gasteiger partial charge in [0.15, 0.2) is 0 Å². The molecule has 0 amide bonds. The molecule has 14 heavy (non-hydrogen) atoms. The molecule has 0 saturated heterocycles. The maximum Gasteiger partial charge on any atom is 0.240 e. The molecule has 0 aliphatic carbocycles. The number of hydrogen-bond acceptors (Lipinski definition) is 3. The van der Waals surface area contributed by atoms with Crippen molar-refractivity contribution in [3.8, 4) is 0 Å². The Morgan fingerprint density at radius 2 is 1.93 bits per heavy atom. The van der Waals surface area contributed by atoms with Crippen LogP contribution in [0.1, 0.15) is 6.92 Å². The third-order valence-corrected chi connectivity index (χ3v) is 3.29. The van der Waals surface area contributed by atoms with Crippen LogP contribution >= 0.6 is 0 Å². The molecular formula is C9H13NO3S. The first-order chi connectivity index (χ1) is 6.56. The predicted octanol–water partition coefficient (Wildman–Crippen LogP) is 0.346. The van der Waals surface area contributed by atoms with Gasteiger partial charge in [-0.05, 0) is 19.1 Å². The molecule has 4 nitrogen and oxygen atoms in total. The first kappa shape index (κ1) is 11.2. The van der Waals surface area contributed by atoms with Gasteiger partial charge in [0.2, 0.25) is 10.0 Å². The van der Waals surface area contributed by atoms with Gasteiger partial charge in [0.05, 0.1) is 11.5 Å². The lowest BCUT2D eigenvalue weighted by molar-refractivity contribution is 0.265. The summed E-state index contributed by atoms with van der Waals surface area (Å²) in [4.78, 5) is 0.209. The van der Waals surface area contributed by atoms with Gasteiger partial charge in [0, 0.05) is 6.04 Å². The van der Waals surface area contributed by atoms with Crippen LogP contribution in [0.5, 0.6) is 0 Å². The zero-order chi connectivity index (χ0) is 10.6. The van der Waals surface area contributed by atoms with E-state index in [1.807, 2.05) is 0 Å². The molecule has 0 bridgehead atoms. The molecule has 1 rings (SSSR count). The number of nitrogens with one attached hydrogen (secondary N) is 1. The fraction of sp³-hybridized carbons (Fsp3) is 0.333. The molecule has 0 aliphatic rings. The van der Waals surface area contributed by atoms with Crippen molar-refractivity contribution in [3.63, 3.8) is 0 Å². The van der Waals surface area contributed by atoms with Gasteiger partial charge in [-0.25, -0.2) is 13.1 Å². The summed E-state index contributed by atoms with van der Waals surface area (Å²) in [6, 6.07) is 7.59. The molecule has 2 N–H and O–H groups in total. The molecule has 0 spiro atoms. The highest BCUT2D eigenvalue weighted by atomic mass is 32.2. The van der Waals surface area contributed by atoms with Crippen molar-refractivity contribution in [1.82, 2.24) is 4.72 Å². The van der Waals surface area contributed by atoms with Crippen molar-refractivity contribution in [2.75, 3.05) is 6.61 Å². The van der Waals surface area contributed by atoms with Crippen molar-refractivity contribution in [1.29, 1.82) is 0 Å². The van der Waals surface area contributed by atoms with E-state index in [1.54, 1.807) is 25.1 Å². The standard InChI is InChI=1S/C9H13NO3S/c1-8(7-11)10-14(12,13)9-5-3-2-4-6-9/h2-6,8,10-11H,7H2,1H3. The molecule has 0 aliphatic heterocycles. The molecule has 78 valence electrons. The van der Waals surface area contributed by atoms with Crippen molar-refractivity contribution < 1.29 is 13.5 Å². The van der Waals surface area contributed by atoms with E-state index in [0.29, 0.717) is 0 Å². The van der Waals surface area contributed by atoms with Crippen LogP contribution in [-0.2, 0) is 10.0 Å². The van der Waals surface area contributed by atoms with Crippen LogP contribution < -0.4 is 4.72 Å². The molecular weight excluding hydrogens is 202 g/mol. The van der Waals surface area contributed by atoms with E-state index in [1.165, 1.54) is 12.1 Å². The van der Waals surface area contributed by atoms with E-state index < -0.39 is 16.1 Å². The van der Waals surface area contributed by atoms with Gasteiger partial charge in [-0.15, -0.1) is 0 Å². The highest BCUT2D eigenvalue weighted by Crippen LogP contribution is 2.07. The molecule has 1 atom stereocenters. The molecule has 1 unspecified atom stereocenters. The average Bonchev–Trinajstić information content (AvgIpc) is 2.18. The van der Waals surface area contributed by atoms with Gasteiger partial charge in [0.1, 0.15) is 0 Å². The normalized spacial score (nSPS) is 13.9. The zero-order valence-electron chi connectivity index (χ0n) is 7.84. The quantitative estimate of drug-likeness (QED) is 0.761. The summed E-state index contributed by atoms with van der Waals surface area (Å²) in [7, 11) is -3.48. The fourth-order valence-corrected chi connectivity index (χ4v) is 2.23. The molecule has 0 saturated carbocycles. The molecule has 0 heterocycles. The maximum absolute atomic E-state index is 11.6. The first-order valence-corrected chi connectivity index (χ1v) is 5.73. The van der Waals surface area contributed by atoms with Crippen LogP contribution in [0, 0.1) is 0 Å². The third-order valence-electron chi connectivity index (χ3n) is 1.68. The number of aliphatic hydroxyl groups excluding tert-OH is 1. The summed E-state index contributed by atoms with van der Waals surface area (Å²) in [5.41, 5.74) is 0. The summed E-state index contributed by atoms with van der Waals surface area (Å²) < 4.78 is 25.5. The Morgan fingerprint density at radius 3 is 2.43 bits per heavy atom. The monoisotopic (exact) mass is 215 g/mol. The largest absolute Gasteiger partial charge is 0.395 e. The lowest BCUT2D eigenvalue weighted by Gasteiger charge is -2.10. The number of aliphatic hydroxyl groups is 1. The van der Waals surface area contributed by atoms with E-state index in [9.17, 15) is 8.42 Å². The van der Waals surface area contributed by atoms with Gasteiger partial charge in [-0.1, -0.05) is 18.2 Å². The number of rotatable bonds is 4. The summed E-state index contributed by atoms with van der Waals surface area (Å²) in [6.07, 6.45) is 0. The van der Waals surface area contributed by atoms with Crippen LogP contribution in [0.4, 0.5) is 0 Å². The van der Waals surface area contributed by atoms with Crippen LogP contribution in [0.2, 0.25) is 0 Å². The fourth-order valence-electron chi connectivity index (χ4n) is 0.970. The summed E-state index contributed by atoms with van der Waals surface area (Å²) in [6.45, 7) is 1.38. The van der Waals surface area contributed by atoms with E-state index in [-0.39, 0.29) is 11.5 Å². The Hall–Kier alpha value is -0.910. The Morgan fingerprint density at radius 1 is 1.36 bits per heavy atom. The minimum absolute atomic E-state index is 0.209. The Labute approximate surface area is 83.6 Å². The smallest absolute Gasteiger partial charge is 0.240 e. The lowest BCUT2D eigenvalue weighted by Crippen LogP contribution is -2.34. The topological polar surface area (TPSA) is 66.4 Å². The molecule has 0 aromatic heterocycles. The minimum Gasteiger partial charge on any atom is -0.395 e. The summed E-state index contributed by atoms with van der Waals surface area (Å²) in [5.74, 6) is 0. The van der Waals surface area contributed by atoms with Gasteiger partial charge in [-0.3, -0.25) is 0 Å². The van der Waals surface area contributed by atoms with Gasteiger partial charge >= 0.3 is 0 Å². The Bertz CT molecular complexity index is 374. The predicted molar refractivity (Wildman–Crippen MR) is 53.3 cm³/mol. The third kappa shape index (κ3) is 2.80. The molecule has 1 aromatic carbocycles. The second-order valence-electron chi connectivity index (χ2n) is 3.02. The Balaban J connectivity index is 2.87. The first-order valence-electron chi connectivity index (χ1n) is 4.24. The highest BCUT2D eigenvalue weighted by Gasteiger charge is 2.15. The van der Waals surface area contributed by atoms with Crippen LogP contribution in [0.3, 0.4) is 0 Å². The molecule has 0 radical (unpaired) electrons. The molecule has 0 fully saturated rings. The Kier molecular flexibility index (Phi) is 3.62. The van der Waals surface area contributed by atoms with Crippen molar-refractivity contribution in [3.05, 3.63) is 30.3 Å². The van der Waals surface area contributed by atoms with Crippen molar-refractivity contribution in [2.45, 2.75) is 17.9 Å². The number of sulfonamides is 1. The van der Waals surface area contributed by atoms with Gasteiger partial charge < -0.3 is 5.11 Å². The van der Waals surface area contributed by atoms with Gasteiger partial charge in [-0.2, -0.15) is 0 Å². The summed E-state index contributed by atoms with van der Waals surface area (Å²) in [5, 5.41) is 8.72. The second-order valence-corrected chi connectivity index (χ2v) is 4.73. The second kappa shape index (κ2) is 4.54. The van der Waals surface area contributed by atoms with E-state index >= 15 is 0 Å². The van der Waals surface area contributed by atoms with E-state index in [0.717, 1.165) is 0 Å². The highest BCUT2D eigenvalue weighted by molar-refractivity contribution is 7.89. The minimum atomic E-state index is -3.48. The molecule has 5 heteroatoms. The number of hydrogen-bond donors (Lipinski definition) is 2. The van der Waals surface area contributed by atoms with E-state index in [2.05, 4.69) is 4.72 Å². The SMILES string of the molecule is CC(CO)NS(=O)(=O)c1ccccc1. The zero-order valence-corrected chi connectivity index (χ0v) is 8.66. The molecule has 1 aromatic rings. The van der Waals surface area contributed by atoms with Crippen molar-refractivity contribution in [2.24, 2.45) is 0 Å².